The molecule has 25 heavy (non-hydrogen) atoms. The maximum atomic E-state index is 13.4. The van der Waals surface area contributed by atoms with E-state index in [2.05, 4.69) is 9.97 Å². The second-order valence-corrected chi connectivity index (χ2v) is 6.20. The van der Waals surface area contributed by atoms with Crippen molar-refractivity contribution in [2.75, 3.05) is 19.0 Å². The second kappa shape index (κ2) is 6.35. The van der Waals surface area contributed by atoms with Gasteiger partial charge in [0.2, 0.25) is 0 Å². The molecule has 0 unspecified atom stereocenters. The fraction of sp³-hybridized carbons (Fsp3) is 0.263. The van der Waals surface area contributed by atoms with Gasteiger partial charge in [-0.2, -0.15) is 13.2 Å². The number of benzene rings is 1. The highest BCUT2D eigenvalue weighted by atomic mass is 19.4. The molecule has 0 N–H and O–H groups in total. The number of pyridine rings is 2. The Bertz CT molecular complexity index is 917. The molecule has 0 saturated carbocycles. The van der Waals surface area contributed by atoms with E-state index < -0.39 is 11.7 Å². The maximum Gasteiger partial charge on any atom is 0.418 e. The van der Waals surface area contributed by atoms with E-state index in [1.54, 1.807) is 26.4 Å². The smallest absolute Gasteiger partial charge is 0.377 e. The minimum Gasteiger partial charge on any atom is -0.377 e. The first-order chi connectivity index (χ1) is 11.8. The molecule has 0 atom stereocenters. The Balaban J connectivity index is 2.02. The highest BCUT2D eigenvalue weighted by molar-refractivity contribution is 5.75. The van der Waals surface area contributed by atoms with Crippen LogP contribution in [0.2, 0.25) is 0 Å². The summed E-state index contributed by atoms with van der Waals surface area (Å²) < 4.78 is 40.1. The first-order valence-corrected chi connectivity index (χ1v) is 7.84. The maximum absolute atomic E-state index is 13.4. The van der Waals surface area contributed by atoms with E-state index in [9.17, 15) is 13.2 Å². The number of anilines is 1. The van der Waals surface area contributed by atoms with Crippen LogP contribution in [0.5, 0.6) is 0 Å². The molecule has 3 rings (SSSR count). The predicted octanol–water partition coefficient (Wildman–Crippen LogP) is 4.61. The van der Waals surface area contributed by atoms with Crippen molar-refractivity contribution in [3.05, 3.63) is 65.0 Å². The van der Waals surface area contributed by atoms with Crippen LogP contribution in [0.1, 0.15) is 22.4 Å². The summed E-state index contributed by atoms with van der Waals surface area (Å²) in [6.45, 7) is 1.85. The van der Waals surface area contributed by atoms with Gasteiger partial charge in [-0.05, 0) is 54.8 Å². The normalized spacial score (nSPS) is 11.8. The molecule has 0 saturated heterocycles. The monoisotopic (exact) mass is 345 g/mol. The molecule has 1 aromatic carbocycles. The van der Waals surface area contributed by atoms with Crippen molar-refractivity contribution in [1.29, 1.82) is 0 Å². The molecule has 2 heterocycles. The minimum atomic E-state index is -4.39. The van der Waals surface area contributed by atoms with Crippen molar-refractivity contribution < 1.29 is 13.2 Å². The Labute approximate surface area is 144 Å². The lowest BCUT2D eigenvalue weighted by atomic mass is 9.99. The van der Waals surface area contributed by atoms with Gasteiger partial charge < -0.3 is 4.90 Å². The highest BCUT2D eigenvalue weighted by Gasteiger charge is 2.34. The standard InChI is InChI=1S/C19H18F3N3/c1-12-15(11-14-5-4-8-23-18(14)24-12)9-13-6-7-17(25(2)3)16(10-13)19(20,21)22/h4-8,10-11H,9H2,1-3H3. The number of hydrogen-bond donors (Lipinski definition) is 0. The molecule has 6 heteroatoms. The van der Waals surface area contributed by atoms with Crippen LogP contribution in [0, 0.1) is 6.92 Å². The topological polar surface area (TPSA) is 29.0 Å². The number of alkyl halides is 3. The third kappa shape index (κ3) is 3.57. The number of aryl methyl sites for hydroxylation is 1. The van der Waals surface area contributed by atoms with Crippen molar-refractivity contribution in [3.63, 3.8) is 0 Å². The molecular formula is C19H18F3N3. The van der Waals surface area contributed by atoms with Gasteiger partial charge in [0.1, 0.15) is 0 Å². The van der Waals surface area contributed by atoms with Crippen molar-refractivity contribution in [2.45, 2.75) is 19.5 Å². The average Bonchev–Trinajstić information content (AvgIpc) is 2.54. The number of halogens is 3. The van der Waals surface area contributed by atoms with Gasteiger partial charge in [0.25, 0.3) is 0 Å². The quantitative estimate of drug-likeness (QED) is 0.694. The Hall–Kier alpha value is -2.63. The number of aromatic nitrogens is 2. The highest BCUT2D eigenvalue weighted by Crippen LogP contribution is 2.37. The Morgan fingerprint density at radius 3 is 2.52 bits per heavy atom. The van der Waals surface area contributed by atoms with Crippen LogP contribution in [0.25, 0.3) is 11.0 Å². The van der Waals surface area contributed by atoms with Crippen molar-refractivity contribution in [1.82, 2.24) is 9.97 Å². The fourth-order valence-corrected chi connectivity index (χ4v) is 2.85. The summed E-state index contributed by atoms with van der Waals surface area (Å²) >= 11 is 0. The molecule has 2 aromatic heterocycles. The van der Waals surface area contributed by atoms with Gasteiger partial charge in [-0.15, -0.1) is 0 Å². The van der Waals surface area contributed by atoms with Crippen LogP contribution in [-0.2, 0) is 12.6 Å². The summed E-state index contributed by atoms with van der Waals surface area (Å²) in [6, 6.07) is 10.1. The van der Waals surface area contributed by atoms with Gasteiger partial charge in [-0.1, -0.05) is 6.07 Å². The van der Waals surface area contributed by atoms with Gasteiger partial charge in [-0.3, -0.25) is 0 Å². The van der Waals surface area contributed by atoms with Crippen LogP contribution in [0.3, 0.4) is 0 Å². The molecular weight excluding hydrogens is 327 g/mol. The molecule has 0 radical (unpaired) electrons. The van der Waals surface area contributed by atoms with Crippen molar-refractivity contribution in [2.24, 2.45) is 0 Å². The SMILES string of the molecule is Cc1nc2ncccc2cc1Cc1ccc(N(C)C)c(C(F)(F)F)c1. The summed E-state index contributed by atoms with van der Waals surface area (Å²) in [5, 5.41) is 0.879. The number of rotatable bonds is 3. The summed E-state index contributed by atoms with van der Waals surface area (Å²) in [4.78, 5) is 10.1. The van der Waals surface area contributed by atoms with E-state index in [1.807, 2.05) is 25.1 Å². The molecule has 130 valence electrons. The van der Waals surface area contributed by atoms with Gasteiger partial charge in [0.15, 0.2) is 5.65 Å². The predicted molar refractivity (Wildman–Crippen MR) is 92.9 cm³/mol. The van der Waals surface area contributed by atoms with E-state index in [4.69, 9.17) is 0 Å². The number of fused-ring (bicyclic) bond motifs is 1. The summed E-state index contributed by atoms with van der Waals surface area (Å²) in [5.41, 5.74) is 2.45. The molecule has 3 aromatic rings. The van der Waals surface area contributed by atoms with E-state index >= 15 is 0 Å². The third-order valence-electron chi connectivity index (χ3n) is 4.13. The molecule has 0 aliphatic heterocycles. The summed E-state index contributed by atoms with van der Waals surface area (Å²) in [7, 11) is 3.21. The molecule has 0 fully saturated rings. The molecule has 0 bridgehead atoms. The molecule has 0 aliphatic rings. The van der Waals surface area contributed by atoms with Crippen molar-refractivity contribution >= 4 is 16.7 Å². The van der Waals surface area contributed by atoms with Gasteiger partial charge >= 0.3 is 6.18 Å². The van der Waals surface area contributed by atoms with Crippen LogP contribution in [0.4, 0.5) is 18.9 Å². The summed E-state index contributed by atoms with van der Waals surface area (Å²) in [6.07, 6.45) is -2.33. The van der Waals surface area contributed by atoms with Crippen LogP contribution in [0.15, 0.2) is 42.6 Å². The van der Waals surface area contributed by atoms with Gasteiger partial charge in [0, 0.05) is 37.1 Å². The van der Waals surface area contributed by atoms with Gasteiger partial charge in [-0.25, -0.2) is 9.97 Å². The zero-order valence-electron chi connectivity index (χ0n) is 14.2. The largest absolute Gasteiger partial charge is 0.418 e. The lowest BCUT2D eigenvalue weighted by Crippen LogP contribution is -2.17. The molecule has 3 nitrogen and oxygen atoms in total. The van der Waals surface area contributed by atoms with Gasteiger partial charge in [0.05, 0.1) is 5.56 Å². The summed E-state index contributed by atoms with van der Waals surface area (Å²) in [5.74, 6) is 0. The van der Waals surface area contributed by atoms with Crippen LogP contribution < -0.4 is 4.90 Å². The lowest BCUT2D eigenvalue weighted by molar-refractivity contribution is -0.137. The Morgan fingerprint density at radius 1 is 1.08 bits per heavy atom. The minimum absolute atomic E-state index is 0.161. The number of nitrogens with zero attached hydrogens (tertiary/aromatic N) is 3. The zero-order valence-corrected chi connectivity index (χ0v) is 14.2. The lowest BCUT2D eigenvalue weighted by Gasteiger charge is -2.20. The first kappa shape index (κ1) is 17.2. The Kier molecular flexibility index (Phi) is 4.37. The molecule has 0 aliphatic carbocycles. The second-order valence-electron chi connectivity index (χ2n) is 6.20. The fourth-order valence-electron chi connectivity index (χ4n) is 2.85. The Morgan fingerprint density at radius 2 is 1.84 bits per heavy atom. The van der Waals surface area contributed by atoms with E-state index in [-0.39, 0.29) is 5.69 Å². The first-order valence-electron chi connectivity index (χ1n) is 7.84. The van der Waals surface area contributed by atoms with E-state index in [0.29, 0.717) is 17.6 Å². The third-order valence-corrected chi connectivity index (χ3v) is 4.13. The molecule has 0 amide bonds. The average molecular weight is 345 g/mol. The zero-order chi connectivity index (χ0) is 18.2. The van der Waals surface area contributed by atoms with Crippen LogP contribution in [-0.4, -0.2) is 24.1 Å². The number of hydrogen-bond acceptors (Lipinski definition) is 3. The van der Waals surface area contributed by atoms with Crippen LogP contribution >= 0.6 is 0 Å². The van der Waals surface area contributed by atoms with Crippen molar-refractivity contribution in [3.8, 4) is 0 Å². The molecule has 0 spiro atoms. The van der Waals surface area contributed by atoms with E-state index in [1.165, 1.54) is 17.0 Å². The van der Waals surface area contributed by atoms with E-state index in [0.717, 1.165) is 16.6 Å².